The van der Waals surface area contributed by atoms with Gasteiger partial charge in [0.1, 0.15) is 5.60 Å². The average molecular weight is 362 g/mol. The molecule has 0 spiro atoms. The minimum absolute atomic E-state index is 0.160. The normalized spacial score (nSPS) is 16.2. The van der Waals surface area contributed by atoms with Gasteiger partial charge in [0.2, 0.25) is 0 Å². The maximum absolute atomic E-state index is 11.8. The number of ether oxygens (including phenoxy) is 2. The van der Waals surface area contributed by atoms with E-state index in [1.807, 2.05) is 45.0 Å². The predicted molar refractivity (Wildman–Crippen MR) is 100 cm³/mol. The summed E-state index contributed by atoms with van der Waals surface area (Å²) in [6.07, 6.45) is 1.46. The summed E-state index contributed by atoms with van der Waals surface area (Å²) >= 11 is 0. The lowest BCUT2D eigenvalue weighted by Crippen LogP contribution is -2.45. The third kappa shape index (κ3) is 6.67. The van der Waals surface area contributed by atoms with E-state index in [1.54, 1.807) is 6.92 Å². The molecule has 0 saturated carbocycles. The number of hydrogen-bond donors (Lipinski definition) is 1. The average Bonchev–Trinajstić information content (AvgIpc) is 2.56. The van der Waals surface area contributed by atoms with Crippen LogP contribution in [0.15, 0.2) is 24.3 Å². The molecule has 6 nitrogen and oxygen atoms in total. The number of alkyl carbamates (subject to hydrolysis) is 1. The van der Waals surface area contributed by atoms with Crippen LogP contribution in [0.2, 0.25) is 0 Å². The first-order chi connectivity index (χ1) is 12.3. The number of carbonyl (C=O) groups is 2. The van der Waals surface area contributed by atoms with Crippen molar-refractivity contribution in [2.45, 2.75) is 58.7 Å². The van der Waals surface area contributed by atoms with Crippen molar-refractivity contribution in [2.24, 2.45) is 0 Å². The van der Waals surface area contributed by atoms with E-state index in [1.165, 1.54) is 0 Å². The highest BCUT2D eigenvalue weighted by atomic mass is 16.6. The topological polar surface area (TPSA) is 67.9 Å². The quantitative estimate of drug-likeness (QED) is 0.814. The lowest BCUT2D eigenvalue weighted by Gasteiger charge is -2.32. The Morgan fingerprint density at radius 1 is 1.15 bits per heavy atom. The van der Waals surface area contributed by atoms with Crippen molar-refractivity contribution >= 4 is 12.1 Å². The molecule has 0 atom stereocenters. The van der Waals surface area contributed by atoms with Crippen LogP contribution in [0, 0.1) is 0 Å². The second kappa shape index (κ2) is 9.03. The van der Waals surface area contributed by atoms with Crippen LogP contribution < -0.4 is 5.32 Å². The SMILES string of the molecule is CCOC(=O)c1ccc(CN2CCC(NC(=O)OC(C)(C)C)CC2)cc1. The Bertz CT molecular complexity index is 599. The van der Waals surface area contributed by atoms with E-state index in [9.17, 15) is 9.59 Å². The van der Waals surface area contributed by atoms with E-state index in [-0.39, 0.29) is 18.1 Å². The Hall–Kier alpha value is -2.08. The third-order valence-corrected chi connectivity index (χ3v) is 4.18. The molecule has 1 aliphatic rings. The van der Waals surface area contributed by atoms with Crippen LogP contribution in [0.5, 0.6) is 0 Å². The van der Waals surface area contributed by atoms with Crippen LogP contribution >= 0.6 is 0 Å². The molecule has 0 radical (unpaired) electrons. The first-order valence-corrected chi connectivity index (χ1v) is 9.25. The molecule has 1 fully saturated rings. The summed E-state index contributed by atoms with van der Waals surface area (Å²) in [4.78, 5) is 25.9. The molecule has 1 aliphatic heterocycles. The van der Waals surface area contributed by atoms with Crippen LogP contribution in [0.4, 0.5) is 4.79 Å². The van der Waals surface area contributed by atoms with E-state index in [2.05, 4.69) is 10.2 Å². The Labute approximate surface area is 155 Å². The molecule has 0 aromatic heterocycles. The lowest BCUT2D eigenvalue weighted by molar-refractivity contribution is 0.0475. The molecule has 0 bridgehead atoms. The molecule has 144 valence electrons. The fraction of sp³-hybridized carbons (Fsp3) is 0.600. The molecule has 26 heavy (non-hydrogen) atoms. The van der Waals surface area contributed by atoms with Gasteiger partial charge in [-0.2, -0.15) is 0 Å². The molecule has 0 unspecified atom stereocenters. The Balaban J connectivity index is 1.76. The van der Waals surface area contributed by atoms with E-state index >= 15 is 0 Å². The number of rotatable bonds is 5. The number of nitrogens with one attached hydrogen (secondary N) is 1. The summed E-state index contributed by atoms with van der Waals surface area (Å²) in [5.41, 5.74) is 1.27. The monoisotopic (exact) mass is 362 g/mol. The molecule has 2 rings (SSSR count). The van der Waals surface area contributed by atoms with Gasteiger partial charge in [-0.25, -0.2) is 9.59 Å². The molecule has 1 aromatic carbocycles. The van der Waals surface area contributed by atoms with Crippen molar-refractivity contribution in [2.75, 3.05) is 19.7 Å². The highest BCUT2D eigenvalue weighted by molar-refractivity contribution is 5.89. The molecule has 1 aromatic rings. The van der Waals surface area contributed by atoms with Gasteiger partial charge in [-0.1, -0.05) is 12.1 Å². The van der Waals surface area contributed by atoms with Gasteiger partial charge in [0.15, 0.2) is 0 Å². The van der Waals surface area contributed by atoms with Gasteiger partial charge >= 0.3 is 12.1 Å². The predicted octanol–water partition coefficient (Wildman–Crippen LogP) is 3.35. The second-order valence-electron chi connectivity index (χ2n) is 7.61. The summed E-state index contributed by atoms with van der Waals surface area (Å²) in [6, 6.07) is 7.72. The van der Waals surface area contributed by atoms with Gasteiger partial charge in [-0.05, 0) is 58.2 Å². The van der Waals surface area contributed by atoms with E-state index in [0.29, 0.717) is 12.2 Å². The first kappa shape index (κ1) is 20.2. The van der Waals surface area contributed by atoms with Crippen LogP contribution in [0.25, 0.3) is 0 Å². The summed E-state index contributed by atoms with van der Waals surface area (Å²) in [5.74, 6) is -0.284. The van der Waals surface area contributed by atoms with Crippen molar-refractivity contribution < 1.29 is 19.1 Å². The molecule has 1 heterocycles. The summed E-state index contributed by atoms with van der Waals surface area (Å²) < 4.78 is 10.3. The number of likely N-dealkylation sites (tertiary alicyclic amines) is 1. The van der Waals surface area contributed by atoms with E-state index in [0.717, 1.165) is 38.0 Å². The number of esters is 1. The first-order valence-electron chi connectivity index (χ1n) is 9.25. The Morgan fingerprint density at radius 3 is 2.31 bits per heavy atom. The standard InChI is InChI=1S/C20H30N2O4/c1-5-25-18(23)16-8-6-15(7-9-16)14-22-12-10-17(11-13-22)21-19(24)26-20(2,3)4/h6-9,17H,5,10-14H2,1-4H3,(H,21,24). The molecule has 1 saturated heterocycles. The third-order valence-electron chi connectivity index (χ3n) is 4.18. The highest BCUT2D eigenvalue weighted by Gasteiger charge is 2.23. The number of benzene rings is 1. The maximum Gasteiger partial charge on any atom is 0.407 e. The molecule has 1 N–H and O–H groups in total. The summed E-state index contributed by atoms with van der Waals surface area (Å²) in [5, 5.41) is 2.95. The largest absolute Gasteiger partial charge is 0.462 e. The maximum atomic E-state index is 11.8. The number of hydrogen-bond acceptors (Lipinski definition) is 5. The Kier molecular flexibility index (Phi) is 7.03. The van der Waals surface area contributed by atoms with Crippen molar-refractivity contribution in [3.05, 3.63) is 35.4 Å². The zero-order valence-electron chi connectivity index (χ0n) is 16.2. The number of piperidine rings is 1. The van der Waals surface area contributed by atoms with E-state index < -0.39 is 5.60 Å². The highest BCUT2D eigenvalue weighted by Crippen LogP contribution is 2.16. The zero-order valence-corrected chi connectivity index (χ0v) is 16.2. The number of amides is 1. The van der Waals surface area contributed by atoms with Gasteiger partial charge in [-0.3, -0.25) is 4.90 Å². The van der Waals surface area contributed by atoms with Gasteiger partial charge < -0.3 is 14.8 Å². The lowest BCUT2D eigenvalue weighted by atomic mass is 10.0. The zero-order chi connectivity index (χ0) is 19.2. The van der Waals surface area contributed by atoms with Crippen LogP contribution in [-0.4, -0.2) is 48.3 Å². The smallest absolute Gasteiger partial charge is 0.407 e. The Morgan fingerprint density at radius 2 is 1.77 bits per heavy atom. The van der Waals surface area contributed by atoms with Gasteiger partial charge in [0.25, 0.3) is 0 Å². The second-order valence-corrected chi connectivity index (χ2v) is 7.61. The van der Waals surface area contributed by atoms with Crippen LogP contribution in [-0.2, 0) is 16.0 Å². The molecule has 1 amide bonds. The summed E-state index contributed by atoms with van der Waals surface area (Å²) in [6.45, 7) is 10.4. The number of carbonyl (C=O) groups excluding carboxylic acids is 2. The van der Waals surface area contributed by atoms with Crippen LogP contribution in [0.3, 0.4) is 0 Å². The van der Waals surface area contributed by atoms with Crippen molar-refractivity contribution in [1.82, 2.24) is 10.2 Å². The molecular formula is C20H30N2O4. The minimum Gasteiger partial charge on any atom is -0.462 e. The fourth-order valence-corrected chi connectivity index (χ4v) is 2.93. The van der Waals surface area contributed by atoms with Crippen molar-refractivity contribution in [1.29, 1.82) is 0 Å². The van der Waals surface area contributed by atoms with Gasteiger partial charge in [-0.15, -0.1) is 0 Å². The van der Waals surface area contributed by atoms with Crippen LogP contribution in [0.1, 0.15) is 56.5 Å². The summed E-state index contributed by atoms with van der Waals surface area (Å²) in [7, 11) is 0. The molecule has 6 heteroatoms. The number of nitrogens with zero attached hydrogens (tertiary/aromatic N) is 1. The fourth-order valence-electron chi connectivity index (χ4n) is 2.93. The van der Waals surface area contributed by atoms with Gasteiger partial charge in [0, 0.05) is 25.7 Å². The minimum atomic E-state index is -0.472. The molecule has 0 aliphatic carbocycles. The van der Waals surface area contributed by atoms with Crippen molar-refractivity contribution in [3.8, 4) is 0 Å². The van der Waals surface area contributed by atoms with E-state index in [4.69, 9.17) is 9.47 Å². The molecular weight excluding hydrogens is 332 g/mol. The van der Waals surface area contributed by atoms with Crippen molar-refractivity contribution in [3.63, 3.8) is 0 Å². The van der Waals surface area contributed by atoms with Gasteiger partial charge in [0.05, 0.1) is 12.2 Å².